The number of ether oxygens (including phenoxy) is 1. The molecule has 2 amide bonds. The third-order valence-electron chi connectivity index (χ3n) is 4.76. The highest BCUT2D eigenvalue weighted by Gasteiger charge is 2.17. The summed E-state index contributed by atoms with van der Waals surface area (Å²) in [4.78, 5) is 14.6. The molecule has 0 saturated carbocycles. The van der Waals surface area contributed by atoms with E-state index in [-0.39, 0.29) is 5.82 Å². The summed E-state index contributed by atoms with van der Waals surface area (Å²) >= 11 is 2.31. The number of nitrogens with one attached hydrogen (secondary N) is 2. The molecule has 2 N–H and O–H groups in total. The molecule has 3 aromatic rings. The van der Waals surface area contributed by atoms with Crippen LogP contribution in [0.5, 0.6) is 5.75 Å². The average Bonchev–Trinajstić information content (AvgIpc) is 3.13. The number of carbonyl (C=O) groups excluding carboxylic acids is 1. The molecule has 0 radical (unpaired) electrons. The van der Waals surface area contributed by atoms with Crippen molar-refractivity contribution >= 4 is 40.0 Å². The van der Waals surface area contributed by atoms with Gasteiger partial charge in [-0.2, -0.15) is 5.10 Å². The molecule has 170 valence electrons. The van der Waals surface area contributed by atoms with Crippen molar-refractivity contribution in [2.24, 2.45) is 7.05 Å². The first-order chi connectivity index (χ1) is 15.4. The van der Waals surface area contributed by atoms with Crippen LogP contribution in [0.4, 0.5) is 20.6 Å². The minimum atomic E-state index is -0.415. The quantitative estimate of drug-likeness (QED) is 0.220. The Labute approximate surface area is 201 Å². The van der Waals surface area contributed by atoms with Gasteiger partial charge in [-0.3, -0.25) is 4.68 Å². The summed E-state index contributed by atoms with van der Waals surface area (Å²) in [7, 11) is 5.96. The van der Waals surface area contributed by atoms with Crippen LogP contribution >= 0.6 is 22.6 Å². The Morgan fingerprint density at radius 1 is 1.16 bits per heavy atom. The summed E-state index contributed by atoms with van der Waals surface area (Å²) in [6, 6.07) is 10.7. The van der Waals surface area contributed by atoms with E-state index in [0.29, 0.717) is 18.0 Å². The van der Waals surface area contributed by atoms with Crippen LogP contribution in [0.15, 0.2) is 48.7 Å². The molecule has 9 heteroatoms. The Kier molecular flexibility index (Phi) is 8.46. The highest BCUT2D eigenvalue weighted by Crippen LogP contribution is 2.35. The van der Waals surface area contributed by atoms with Gasteiger partial charge >= 0.3 is 6.03 Å². The molecule has 0 aliphatic carbocycles. The average molecular weight is 551 g/mol. The highest BCUT2D eigenvalue weighted by molar-refractivity contribution is 14.1. The summed E-state index contributed by atoms with van der Waals surface area (Å²) in [5, 5.41) is 9.94. The first-order valence-corrected chi connectivity index (χ1v) is 11.7. The number of carbonyl (C=O) groups is 1. The molecule has 3 rings (SSSR count). The van der Waals surface area contributed by atoms with Gasteiger partial charge in [0.15, 0.2) is 0 Å². The van der Waals surface area contributed by atoms with Crippen LogP contribution in [-0.4, -0.2) is 48.0 Å². The monoisotopic (exact) mass is 551 g/mol. The van der Waals surface area contributed by atoms with E-state index < -0.39 is 6.03 Å². The lowest BCUT2D eigenvalue weighted by atomic mass is 10.1. The molecular formula is C23H27FIN5O2. The number of urea groups is 1. The van der Waals surface area contributed by atoms with Crippen molar-refractivity contribution in [3.05, 3.63) is 60.0 Å². The van der Waals surface area contributed by atoms with Crippen LogP contribution in [0.2, 0.25) is 0 Å². The molecule has 0 spiro atoms. The fourth-order valence-corrected chi connectivity index (χ4v) is 3.79. The zero-order valence-electron chi connectivity index (χ0n) is 18.4. The molecule has 0 atom stereocenters. The number of alkyl halides is 1. The van der Waals surface area contributed by atoms with Crippen LogP contribution in [0.3, 0.4) is 0 Å². The summed E-state index contributed by atoms with van der Waals surface area (Å²) in [6.07, 6.45) is 2.75. The van der Waals surface area contributed by atoms with Crippen LogP contribution in [0, 0.1) is 5.82 Å². The number of hydrogen-bond acceptors (Lipinski definition) is 4. The van der Waals surface area contributed by atoms with Crippen LogP contribution < -0.4 is 15.4 Å². The van der Waals surface area contributed by atoms with Gasteiger partial charge in [0.1, 0.15) is 11.6 Å². The molecule has 0 fully saturated rings. The van der Waals surface area contributed by atoms with Crippen molar-refractivity contribution in [3.8, 4) is 17.0 Å². The smallest absolute Gasteiger partial charge is 0.323 e. The molecule has 2 aromatic carbocycles. The summed E-state index contributed by atoms with van der Waals surface area (Å²) in [5.74, 6) is 0.381. The molecule has 1 heterocycles. The molecule has 0 aliphatic rings. The molecule has 32 heavy (non-hydrogen) atoms. The fourth-order valence-electron chi connectivity index (χ4n) is 3.24. The van der Waals surface area contributed by atoms with E-state index in [9.17, 15) is 9.18 Å². The van der Waals surface area contributed by atoms with Gasteiger partial charge < -0.3 is 20.3 Å². The van der Waals surface area contributed by atoms with E-state index in [0.717, 1.165) is 40.0 Å². The third kappa shape index (κ3) is 6.42. The Morgan fingerprint density at radius 3 is 2.53 bits per heavy atom. The van der Waals surface area contributed by atoms with Gasteiger partial charge in [0.05, 0.1) is 18.5 Å². The SMILES string of the molecule is CN(C)CCCOc1ccc(NC(=O)Nc2ccc(F)cc2)cc1-c1c(CI)cnn1C. The molecule has 0 aliphatic heterocycles. The first kappa shape index (κ1) is 24.0. The molecule has 0 bridgehead atoms. The minimum Gasteiger partial charge on any atom is -0.493 e. The van der Waals surface area contributed by atoms with E-state index >= 15 is 0 Å². The van der Waals surface area contributed by atoms with Crippen molar-refractivity contribution in [1.29, 1.82) is 0 Å². The number of aromatic nitrogens is 2. The van der Waals surface area contributed by atoms with E-state index in [1.54, 1.807) is 6.07 Å². The Hall–Kier alpha value is -2.66. The van der Waals surface area contributed by atoms with Crippen LogP contribution in [-0.2, 0) is 11.5 Å². The van der Waals surface area contributed by atoms with Gasteiger partial charge in [-0.25, -0.2) is 9.18 Å². The van der Waals surface area contributed by atoms with Crippen LogP contribution in [0.25, 0.3) is 11.3 Å². The van der Waals surface area contributed by atoms with Crippen molar-refractivity contribution in [1.82, 2.24) is 14.7 Å². The Bertz CT molecular complexity index is 1050. The second-order valence-electron chi connectivity index (χ2n) is 7.58. The number of nitrogens with zero attached hydrogens (tertiary/aromatic N) is 3. The van der Waals surface area contributed by atoms with Crippen molar-refractivity contribution in [2.45, 2.75) is 10.8 Å². The zero-order valence-corrected chi connectivity index (χ0v) is 20.5. The minimum absolute atomic E-state index is 0.357. The van der Waals surface area contributed by atoms with Crippen LogP contribution in [0.1, 0.15) is 12.0 Å². The number of benzene rings is 2. The Morgan fingerprint density at radius 2 is 1.84 bits per heavy atom. The van der Waals surface area contributed by atoms with Gasteiger partial charge in [-0.05, 0) is 63.0 Å². The molecule has 1 aromatic heterocycles. The maximum absolute atomic E-state index is 13.1. The lowest BCUT2D eigenvalue weighted by Crippen LogP contribution is -2.19. The molecule has 0 saturated heterocycles. The Balaban J connectivity index is 1.82. The maximum Gasteiger partial charge on any atom is 0.323 e. The maximum atomic E-state index is 13.1. The zero-order chi connectivity index (χ0) is 23.1. The van der Waals surface area contributed by atoms with E-state index in [1.807, 2.05) is 44.2 Å². The highest BCUT2D eigenvalue weighted by atomic mass is 127. The van der Waals surface area contributed by atoms with Gasteiger partial charge in [0.2, 0.25) is 0 Å². The molecule has 7 nitrogen and oxygen atoms in total. The number of hydrogen-bond donors (Lipinski definition) is 2. The van der Waals surface area contributed by atoms with E-state index in [4.69, 9.17) is 4.74 Å². The van der Waals surface area contributed by atoms with Gasteiger partial charge in [-0.1, -0.05) is 22.6 Å². The fraction of sp³-hybridized carbons (Fsp3) is 0.304. The third-order valence-corrected chi connectivity index (χ3v) is 5.58. The summed E-state index contributed by atoms with van der Waals surface area (Å²) < 4.78 is 21.8. The second-order valence-corrected chi connectivity index (χ2v) is 8.34. The van der Waals surface area contributed by atoms with Gasteiger partial charge in [0, 0.05) is 40.5 Å². The lowest BCUT2D eigenvalue weighted by molar-refractivity contribution is 0.262. The topological polar surface area (TPSA) is 71.4 Å². The number of aryl methyl sites for hydroxylation is 1. The molecular weight excluding hydrogens is 524 g/mol. The van der Waals surface area contributed by atoms with Crippen molar-refractivity contribution in [2.75, 3.05) is 37.9 Å². The summed E-state index contributed by atoms with van der Waals surface area (Å²) in [6.45, 7) is 1.52. The summed E-state index contributed by atoms with van der Waals surface area (Å²) in [5.41, 5.74) is 4.01. The van der Waals surface area contributed by atoms with Crippen molar-refractivity contribution in [3.63, 3.8) is 0 Å². The standard InChI is InChI=1S/C23H27FIN5O2/c1-29(2)11-4-12-32-21-10-9-19(13-20(21)22-16(14-25)15-26-30(22)3)28-23(31)27-18-7-5-17(24)6-8-18/h5-10,13,15H,4,11-12,14H2,1-3H3,(H2,27,28,31). The second kappa shape index (κ2) is 11.3. The number of halogens is 2. The predicted molar refractivity (Wildman–Crippen MR) is 134 cm³/mol. The largest absolute Gasteiger partial charge is 0.493 e. The number of rotatable bonds is 9. The van der Waals surface area contributed by atoms with Gasteiger partial charge in [0.25, 0.3) is 0 Å². The van der Waals surface area contributed by atoms with E-state index in [1.165, 1.54) is 24.3 Å². The van der Waals surface area contributed by atoms with Gasteiger partial charge in [-0.15, -0.1) is 0 Å². The van der Waals surface area contributed by atoms with Crippen molar-refractivity contribution < 1.29 is 13.9 Å². The normalized spacial score (nSPS) is 10.9. The number of anilines is 2. The first-order valence-electron chi connectivity index (χ1n) is 10.2. The lowest BCUT2D eigenvalue weighted by Gasteiger charge is -2.16. The van der Waals surface area contributed by atoms with E-state index in [2.05, 4.69) is 43.2 Å². The predicted octanol–water partition coefficient (Wildman–Crippen LogP) is 5.14. The molecule has 0 unspecified atom stereocenters. The number of amides is 2.